The summed E-state index contributed by atoms with van der Waals surface area (Å²) in [6.07, 6.45) is 2.34. The van der Waals surface area contributed by atoms with Crippen LogP contribution in [0.4, 0.5) is 5.69 Å². The van der Waals surface area contributed by atoms with Gasteiger partial charge in [0.15, 0.2) is 0 Å². The van der Waals surface area contributed by atoms with E-state index in [2.05, 4.69) is 59.9 Å². The fourth-order valence-corrected chi connectivity index (χ4v) is 4.39. The Morgan fingerprint density at radius 1 is 0.867 bits per heavy atom. The quantitative estimate of drug-likeness (QED) is 0.373. The molecule has 0 saturated heterocycles. The number of carbonyl (C=O) groups is 1. The first-order valence-corrected chi connectivity index (χ1v) is 10.7. The molecule has 0 radical (unpaired) electrons. The zero-order chi connectivity index (χ0) is 20.5. The summed E-state index contributed by atoms with van der Waals surface area (Å²) in [7, 11) is 0. The van der Waals surface area contributed by atoms with Gasteiger partial charge in [0.05, 0.1) is 0 Å². The summed E-state index contributed by atoms with van der Waals surface area (Å²) in [5.41, 5.74) is 4.12. The van der Waals surface area contributed by atoms with Crippen molar-refractivity contribution < 1.29 is 4.79 Å². The highest BCUT2D eigenvalue weighted by molar-refractivity contribution is 6.31. The lowest BCUT2D eigenvalue weighted by molar-refractivity contribution is 0.102. The number of nitrogens with one attached hydrogen (secondary N) is 1. The Balaban J connectivity index is 1.21. The zero-order valence-electron chi connectivity index (χ0n) is 16.5. The molecule has 1 fully saturated rings. The van der Waals surface area contributed by atoms with Gasteiger partial charge in [-0.1, -0.05) is 72.3 Å². The molecule has 2 nitrogen and oxygen atoms in total. The van der Waals surface area contributed by atoms with Crippen LogP contribution in [0.5, 0.6) is 0 Å². The summed E-state index contributed by atoms with van der Waals surface area (Å²) in [5.74, 6) is 1.15. The second kappa shape index (κ2) is 7.97. The van der Waals surface area contributed by atoms with Gasteiger partial charge in [0.2, 0.25) is 0 Å². The molecule has 30 heavy (non-hydrogen) atoms. The minimum atomic E-state index is -0.147. The molecule has 1 amide bonds. The number of amides is 1. The Morgan fingerprint density at radius 2 is 1.67 bits per heavy atom. The fourth-order valence-electron chi connectivity index (χ4n) is 4.20. The van der Waals surface area contributed by atoms with Crippen molar-refractivity contribution >= 4 is 34.0 Å². The SMILES string of the molecule is O=C(Nc1ccc([C@@H]2C[C@@H]2Cc2ccc3ccccc3c2)cc1)c1cccc(Cl)c1. The number of halogens is 1. The maximum absolute atomic E-state index is 12.4. The smallest absolute Gasteiger partial charge is 0.255 e. The monoisotopic (exact) mass is 411 g/mol. The molecule has 148 valence electrons. The molecule has 2 atom stereocenters. The van der Waals surface area contributed by atoms with Crippen LogP contribution in [0, 0.1) is 5.92 Å². The number of rotatable bonds is 5. The summed E-state index contributed by atoms with van der Waals surface area (Å²) in [6, 6.07) is 30.5. The van der Waals surface area contributed by atoms with Crippen molar-refractivity contribution in [2.24, 2.45) is 5.92 Å². The Bertz CT molecular complexity index is 1210. The molecule has 0 spiro atoms. The van der Waals surface area contributed by atoms with Gasteiger partial charge in [0.25, 0.3) is 5.91 Å². The molecule has 0 heterocycles. The molecule has 4 aromatic rings. The number of anilines is 1. The molecule has 0 bridgehead atoms. The van der Waals surface area contributed by atoms with E-state index in [0.717, 1.165) is 12.1 Å². The van der Waals surface area contributed by atoms with Crippen molar-refractivity contribution in [2.45, 2.75) is 18.8 Å². The molecule has 5 rings (SSSR count). The number of hydrogen-bond acceptors (Lipinski definition) is 1. The van der Waals surface area contributed by atoms with Gasteiger partial charge in [-0.15, -0.1) is 0 Å². The molecular weight excluding hydrogens is 390 g/mol. The summed E-state index contributed by atoms with van der Waals surface area (Å²) in [6.45, 7) is 0. The van der Waals surface area contributed by atoms with Gasteiger partial charge < -0.3 is 5.32 Å². The van der Waals surface area contributed by atoms with E-state index in [4.69, 9.17) is 11.6 Å². The summed E-state index contributed by atoms with van der Waals surface area (Å²) in [4.78, 5) is 12.4. The van der Waals surface area contributed by atoms with Crippen LogP contribution < -0.4 is 5.32 Å². The normalized spacial score (nSPS) is 17.6. The van der Waals surface area contributed by atoms with E-state index in [1.54, 1.807) is 24.3 Å². The van der Waals surface area contributed by atoms with E-state index in [1.807, 2.05) is 12.1 Å². The number of fused-ring (bicyclic) bond motifs is 1. The van der Waals surface area contributed by atoms with Crippen LogP contribution in [0.15, 0.2) is 91.0 Å². The lowest BCUT2D eigenvalue weighted by atomic mass is 10.0. The lowest BCUT2D eigenvalue weighted by Gasteiger charge is -2.07. The summed E-state index contributed by atoms with van der Waals surface area (Å²) < 4.78 is 0. The third-order valence-electron chi connectivity index (χ3n) is 5.92. The Morgan fingerprint density at radius 3 is 2.47 bits per heavy atom. The highest BCUT2D eigenvalue weighted by Crippen LogP contribution is 2.49. The first-order valence-electron chi connectivity index (χ1n) is 10.3. The predicted octanol–water partition coefficient (Wildman–Crippen LogP) is 7.09. The van der Waals surface area contributed by atoms with Crippen LogP contribution >= 0.6 is 11.6 Å². The van der Waals surface area contributed by atoms with E-state index >= 15 is 0 Å². The van der Waals surface area contributed by atoms with Crippen molar-refractivity contribution in [3.05, 3.63) is 113 Å². The highest BCUT2D eigenvalue weighted by Gasteiger charge is 2.37. The van der Waals surface area contributed by atoms with Crippen molar-refractivity contribution in [1.82, 2.24) is 0 Å². The van der Waals surface area contributed by atoms with Gasteiger partial charge >= 0.3 is 0 Å². The topological polar surface area (TPSA) is 29.1 Å². The Hall–Kier alpha value is -3.10. The summed E-state index contributed by atoms with van der Waals surface area (Å²) >= 11 is 5.97. The molecular formula is C27H22ClNO. The average Bonchev–Trinajstić information content (AvgIpc) is 3.53. The maximum Gasteiger partial charge on any atom is 0.255 e. The van der Waals surface area contributed by atoms with E-state index in [1.165, 1.54) is 28.3 Å². The molecule has 1 aliphatic carbocycles. The van der Waals surface area contributed by atoms with Gasteiger partial charge in [-0.3, -0.25) is 4.79 Å². The molecule has 1 N–H and O–H groups in total. The molecule has 3 heteroatoms. The molecule has 0 aromatic heterocycles. The van der Waals surface area contributed by atoms with E-state index in [0.29, 0.717) is 22.4 Å². The van der Waals surface area contributed by atoms with Gasteiger partial charge in [-0.05, 0) is 76.9 Å². The second-order valence-corrected chi connectivity index (χ2v) is 8.51. The minimum absolute atomic E-state index is 0.147. The molecule has 0 unspecified atom stereocenters. The first-order chi connectivity index (χ1) is 14.7. The third-order valence-corrected chi connectivity index (χ3v) is 6.15. The molecule has 1 saturated carbocycles. The fraction of sp³-hybridized carbons (Fsp3) is 0.148. The second-order valence-electron chi connectivity index (χ2n) is 8.07. The third kappa shape index (κ3) is 4.10. The van der Waals surface area contributed by atoms with Crippen molar-refractivity contribution in [1.29, 1.82) is 0 Å². The van der Waals surface area contributed by atoms with Crippen LogP contribution in [0.3, 0.4) is 0 Å². The van der Waals surface area contributed by atoms with Crippen molar-refractivity contribution in [3.8, 4) is 0 Å². The average molecular weight is 412 g/mol. The van der Waals surface area contributed by atoms with Crippen LogP contribution in [0.25, 0.3) is 10.8 Å². The Kier molecular flexibility index (Phi) is 5.02. The van der Waals surface area contributed by atoms with Gasteiger partial charge in [0, 0.05) is 16.3 Å². The Labute approximate surface area is 181 Å². The number of benzene rings is 4. The first kappa shape index (κ1) is 18.9. The summed E-state index contributed by atoms with van der Waals surface area (Å²) in [5, 5.41) is 6.11. The standard InChI is InChI=1S/C27H22ClNO/c28-24-7-3-6-22(16-24)27(30)29-25-12-10-20(11-13-25)26-17-23(26)15-18-8-9-19-4-1-2-5-21(19)14-18/h1-14,16,23,26H,15,17H2,(H,29,30)/t23-,26-/m0/s1. The molecule has 0 aliphatic heterocycles. The van der Waals surface area contributed by atoms with Crippen molar-refractivity contribution in [3.63, 3.8) is 0 Å². The van der Waals surface area contributed by atoms with Crippen LogP contribution in [-0.4, -0.2) is 5.91 Å². The van der Waals surface area contributed by atoms with E-state index < -0.39 is 0 Å². The van der Waals surface area contributed by atoms with E-state index in [-0.39, 0.29) is 5.91 Å². The van der Waals surface area contributed by atoms with Gasteiger partial charge in [-0.2, -0.15) is 0 Å². The van der Waals surface area contributed by atoms with Crippen LogP contribution in [0.2, 0.25) is 5.02 Å². The minimum Gasteiger partial charge on any atom is -0.322 e. The zero-order valence-corrected chi connectivity index (χ0v) is 17.3. The largest absolute Gasteiger partial charge is 0.322 e. The maximum atomic E-state index is 12.4. The van der Waals surface area contributed by atoms with Crippen LogP contribution in [-0.2, 0) is 6.42 Å². The highest BCUT2D eigenvalue weighted by atomic mass is 35.5. The number of carbonyl (C=O) groups excluding carboxylic acids is 1. The number of hydrogen-bond donors (Lipinski definition) is 1. The van der Waals surface area contributed by atoms with Gasteiger partial charge in [-0.25, -0.2) is 0 Å². The lowest BCUT2D eigenvalue weighted by Crippen LogP contribution is -2.11. The van der Waals surface area contributed by atoms with E-state index in [9.17, 15) is 4.79 Å². The predicted molar refractivity (Wildman–Crippen MR) is 124 cm³/mol. The molecule has 4 aromatic carbocycles. The van der Waals surface area contributed by atoms with Crippen molar-refractivity contribution in [2.75, 3.05) is 5.32 Å². The van der Waals surface area contributed by atoms with Gasteiger partial charge in [0.1, 0.15) is 0 Å². The molecule has 1 aliphatic rings. The van der Waals surface area contributed by atoms with Crippen LogP contribution in [0.1, 0.15) is 33.8 Å².